The minimum atomic E-state index is 0.889. The quantitative estimate of drug-likeness (QED) is 0.768. The summed E-state index contributed by atoms with van der Waals surface area (Å²) in [5, 5.41) is 0.889. The van der Waals surface area contributed by atoms with Crippen molar-refractivity contribution in [3.8, 4) is 0 Å². The van der Waals surface area contributed by atoms with Crippen molar-refractivity contribution in [1.29, 1.82) is 0 Å². The van der Waals surface area contributed by atoms with Crippen LogP contribution in [-0.4, -0.2) is 18.1 Å². The molecule has 2 heterocycles. The predicted octanol–water partition coefficient (Wildman–Crippen LogP) is 3.75. The van der Waals surface area contributed by atoms with Crippen LogP contribution in [0.4, 0.5) is 5.82 Å². The van der Waals surface area contributed by atoms with Crippen molar-refractivity contribution in [2.75, 3.05) is 18.0 Å². The first-order valence-corrected chi connectivity index (χ1v) is 7.28. The van der Waals surface area contributed by atoms with E-state index in [9.17, 15) is 0 Å². The second-order valence-electron chi connectivity index (χ2n) is 4.41. The number of nitrogens with zero attached hydrogens (tertiary/aromatic N) is 2. The van der Waals surface area contributed by atoms with E-state index in [4.69, 9.17) is 0 Å². The molecule has 16 heavy (non-hydrogen) atoms. The molecule has 2 nitrogen and oxygen atoms in total. The van der Waals surface area contributed by atoms with Crippen LogP contribution in [0.3, 0.4) is 0 Å². The first-order valence-electron chi connectivity index (χ1n) is 6.16. The maximum atomic E-state index is 4.54. The fraction of sp³-hybridized carbons (Fsp3) is 0.615. The molecule has 0 spiro atoms. The molecule has 2 rings (SSSR count). The van der Waals surface area contributed by atoms with Crippen LogP contribution < -0.4 is 4.90 Å². The van der Waals surface area contributed by atoms with Crippen molar-refractivity contribution >= 4 is 21.7 Å². The number of aromatic nitrogens is 1. The monoisotopic (exact) mass is 282 g/mol. The first-order chi connectivity index (χ1) is 7.90. The molecule has 88 valence electrons. The third-order valence-electron chi connectivity index (χ3n) is 3.14. The largest absolute Gasteiger partial charge is 0.357 e. The van der Waals surface area contributed by atoms with Gasteiger partial charge in [0, 0.05) is 24.6 Å². The predicted molar refractivity (Wildman–Crippen MR) is 72.2 cm³/mol. The summed E-state index contributed by atoms with van der Waals surface area (Å²) < 4.78 is 0. The molecule has 0 saturated carbocycles. The molecule has 0 radical (unpaired) electrons. The van der Waals surface area contributed by atoms with E-state index in [1.807, 2.05) is 6.20 Å². The highest BCUT2D eigenvalue weighted by Gasteiger charge is 2.09. The van der Waals surface area contributed by atoms with Gasteiger partial charge in [0.2, 0.25) is 0 Å². The number of hydrogen-bond donors (Lipinski definition) is 0. The number of rotatable bonds is 2. The number of alkyl halides is 1. The first kappa shape index (κ1) is 11.9. The van der Waals surface area contributed by atoms with Gasteiger partial charge in [-0.1, -0.05) is 41.3 Å². The summed E-state index contributed by atoms with van der Waals surface area (Å²) in [4.78, 5) is 6.97. The van der Waals surface area contributed by atoms with E-state index in [0.717, 1.165) is 11.1 Å². The standard InChI is InChI=1S/C13H19BrN2/c14-10-12-6-7-13(15-11-12)16-8-4-2-1-3-5-9-16/h6-7,11H,1-5,8-10H2. The molecule has 3 heteroatoms. The molecule has 1 aromatic heterocycles. The molecule has 0 unspecified atom stereocenters. The molecule has 1 fully saturated rings. The van der Waals surface area contributed by atoms with Crippen molar-refractivity contribution in [1.82, 2.24) is 4.98 Å². The Bertz CT molecular complexity index is 302. The Morgan fingerprint density at radius 2 is 1.75 bits per heavy atom. The summed E-state index contributed by atoms with van der Waals surface area (Å²) in [5.74, 6) is 1.15. The van der Waals surface area contributed by atoms with E-state index in [0.29, 0.717) is 0 Å². The van der Waals surface area contributed by atoms with Crippen LogP contribution in [0.5, 0.6) is 0 Å². The second kappa shape index (κ2) is 6.24. The molecule has 0 aromatic carbocycles. The molecule has 1 aliphatic heterocycles. The summed E-state index contributed by atoms with van der Waals surface area (Å²) in [5.41, 5.74) is 1.25. The van der Waals surface area contributed by atoms with Crippen molar-refractivity contribution in [2.24, 2.45) is 0 Å². The average molecular weight is 283 g/mol. The third-order valence-corrected chi connectivity index (χ3v) is 3.79. The summed E-state index contributed by atoms with van der Waals surface area (Å²) in [6.07, 6.45) is 8.74. The van der Waals surface area contributed by atoms with Gasteiger partial charge in [-0.15, -0.1) is 0 Å². The lowest BCUT2D eigenvalue weighted by Gasteiger charge is -2.25. The molecule has 0 aliphatic carbocycles. The van der Waals surface area contributed by atoms with Gasteiger partial charge in [0.1, 0.15) is 5.82 Å². The Labute approximate surface area is 106 Å². The second-order valence-corrected chi connectivity index (χ2v) is 4.97. The topological polar surface area (TPSA) is 16.1 Å². The lowest BCUT2D eigenvalue weighted by Crippen LogP contribution is -2.27. The van der Waals surface area contributed by atoms with Gasteiger partial charge in [0.15, 0.2) is 0 Å². The van der Waals surface area contributed by atoms with Gasteiger partial charge in [0.25, 0.3) is 0 Å². The van der Waals surface area contributed by atoms with Gasteiger partial charge in [-0.25, -0.2) is 4.98 Å². The number of pyridine rings is 1. The molecule has 1 aromatic rings. The van der Waals surface area contributed by atoms with E-state index in [2.05, 4.69) is 37.9 Å². The lowest BCUT2D eigenvalue weighted by atomic mass is 10.1. The normalized spacial score (nSPS) is 17.9. The van der Waals surface area contributed by atoms with E-state index >= 15 is 0 Å². The third kappa shape index (κ3) is 3.21. The number of anilines is 1. The Kier molecular flexibility index (Phi) is 4.64. The molecule has 0 bridgehead atoms. The van der Waals surface area contributed by atoms with Gasteiger partial charge >= 0.3 is 0 Å². The molecular weight excluding hydrogens is 264 g/mol. The fourth-order valence-corrected chi connectivity index (χ4v) is 2.49. The van der Waals surface area contributed by atoms with Gasteiger partial charge < -0.3 is 4.90 Å². The fourth-order valence-electron chi connectivity index (χ4n) is 2.16. The van der Waals surface area contributed by atoms with E-state index in [-0.39, 0.29) is 0 Å². The van der Waals surface area contributed by atoms with Crippen molar-refractivity contribution in [3.05, 3.63) is 23.9 Å². The Balaban J connectivity index is 2.02. The highest BCUT2D eigenvalue weighted by Crippen LogP contribution is 2.17. The molecule has 0 atom stereocenters. The van der Waals surface area contributed by atoms with Gasteiger partial charge in [0.05, 0.1) is 0 Å². The highest BCUT2D eigenvalue weighted by atomic mass is 79.9. The van der Waals surface area contributed by atoms with Crippen LogP contribution in [0, 0.1) is 0 Å². The lowest BCUT2D eigenvalue weighted by molar-refractivity contribution is 0.554. The Morgan fingerprint density at radius 1 is 1.06 bits per heavy atom. The Morgan fingerprint density at radius 3 is 2.31 bits per heavy atom. The van der Waals surface area contributed by atoms with Crippen LogP contribution in [0.25, 0.3) is 0 Å². The molecule has 1 aliphatic rings. The van der Waals surface area contributed by atoms with E-state index in [1.165, 1.54) is 50.8 Å². The van der Waals surface area contributed by atoms with Crippen molar-refractivity contribution in [2.45, 2.75) is 37.4 Å². The van der Waals surface area contributed by atoms with Gasteiger partial charge in [-0.3, -0.25) is 0 Å². The summed E-state index contributed by atoms with van der Waals surface area (Å²) in [6.45, 7) is 2.33. The summed E-state index contributed by atoms with van der Waals surface area (Å²) >= 11 is 3.45. The van der Waals surface area contributed by atoms with Gasteiger partial charge in [-0.2, -0.15) is 0 Å². The zero-order chi connectivity index (χ0) is 11.2. The Hall–Kier alpha value is -0.570. The average Bonchev–Trinajstić information content (AvgIpc) is 2.29. The zero-order valence-electron chi connectivity index (χ0n) is 9.66. The van der Waals surface area contributed by atoms with Crippen LogP contribution >= 0.6 is 15.9 Å². The van der Waals surface area contributed by atoms with Crippen LogP contribution in [0.2, 0.25) is 0 Å². The van der Waals surface area contributed by atoms with Crippen LogP contribution in [0.1, 0.15) is 37.7 Å². The minimum absolute atomic E-state index is 0.889. The van der Waals surface area contributed by atoms with Crippen molar-refractivity contribution < 1.29 is 0 Å². The zero-order valence-corrected chi connectivity index (χ0v) is 11.2. The van der Waals surface area contributed by atoms with Crippen LogP contribution in [0.15, 0.2) is 18.3 Å². The summed E-state index contributed by atoms with van der Waals surface area (Å²) in [6, 6.07) is 4.31. The highest BCUT2D eigenvalue weighted by molar-refractivity contribution is 9.08. The molecule has 1 saturated heterocycles. The van der Waals surface area contributed by atoms with Gasteiger partial charge in [-0.05, 0) is 24.5 Å². The van der Waals surface area contributed by atoms with E-state index in [1.54, 1.807) is 0 Å². The summed E-state index contributed by atoms with van der Waals surface area (Å²) in [7, 11) is 0. The minimum Gasteiger partial charge on any atom is -0.357 e. The van der Waals surface area contributed by atoms with Crippen LogP contribution in [-0.2, 0) is 5.33 Å². The molecule has 0 N–H and O–H groups in total. The van der Waals surface area contributed by atoms with Crippen molar-refractivity contribution in [3.63, 3.8) is 0 Å². The number of hydrogen-bond acceptors (Lipinski definition) is 2. The SMILES string of the molecule is BrCc1ccc(N2CCCCCCC2)nc1. The maximum absolute atomic E-state index is 4.54. The maximum Gasteiger partial charge on any atom is 0.128 e. The molecular formula is C13H19BrN2. The number of halogens is 1. The smallest absolute Gasteiger partial charge is 0.128 e. The molecule has 0 amide bonds. The van der Waals surface area contributed by atoms with E-state index < -0.39 is 0 Å².